The Bertz CT molecular complexity index is 677. The molecule has 0 bridgehead atoms. The van der Waals surface area contributed by atoms with Crippen molar-refractivity contribution in [3.63, 3.8) is 0 Å². The fourth-order valence-electron chi connectivity index (χ4n) is 2.83. The Morgan fingerprint density at radius 3 is 2.84 bits per heavy atom. The van der Waals surface area contributed by atoms with E-state index in [1.54, 1.807) is 12.0 Å². The minimum atomic E-state index is -3.26. The summed E-state index contributed by atoms with van der Waals surface area (Å²) in [5, 5.41) is 0. The molecule has 2 rings (SSSR count). The lowest BCUT2D eigenvalue weighted by Gasteiger charge is -2.32. The Kier molecular flexibility index (Phi) is 7.07. The summed E-state index contributed by atoms with van der Waals surface area (Å²) >= 11 is 0. The van der Waals surface area contributed by atoms with Crippen LogP contribution in [0.1, 0.15) is 19.3 Å². The van der Waals surface area contributed by atoms with Crippen molar-refractivity contribution in [2.24, 2.45) is 5.92 Å². The second-order valence-corrected chi connectivity index (χ2v) is 8.09. The first-order valence-electron chi connectivity index (χ1n) is 8.36. The molecule has 1 N–H and O–H groups in total. The standard InChI is InChI=1S/C17H26N2O5S/c1-23-15-6-3-7-16(11-15)24-13-14-5-4-10-19(12-14)17(20)8-9-18-25(2,21)22/h3,6-7,11,14,18H,4-5,8-10,12-13H2,1-2H3/t14-/m0/s1. The molecule has 1 aromatic rings. The summed E-state index contributed by atoms with van der Waals surface area (Å²) in [6.07, 6.45) is 3.20. The molecule has 0 aromatic heterocycles. The minimum Gasteiger partial charge on any atom is -0.497 e. The lowest BCUT2D eigenvalue weighted by molar-refractivity contribution is -0.133. The third-order valence-corrected chi connectivity index (χ3v) is 4.83. The molecule has 0 saturated carbocycles. The molecular formula is C17H26N2O5S. The first-order chi connectivity index (χ1) is 11.9. The Balaban J connectivity index is 1.78. The molecule has 8 heteroatoms. The van der Waals surface area contributed by atoms with E-state index in [9.17, 15) is 13.2 Å². The summed E-state index contributed by atoms with van der Waals surface area (Å²) in [6.45, 7) is 2.03. The molecule has 1 aliphatic heterocycles. The van der Waals surface area contributed by atoms with Crippen LogP contribution in [0.25, 0.3) is 0 Å². The second-order valence-electron chi connectivity index (χ2n) is 6.25. The van der Waals surface area contributed by atoms with E-state index in [0.29, 0.717) is 19.7 Å². The van der Waals surface area contributed by atoms with E-state index in [0.717, 1.165) is 30.6 Å². The number of hydrogen-bond donors (Lipinski definition) is 1. The van der Waals surface area contributed by atoms with E-state index in [1.807, 2.05) is 24.3 Å². The van der Waals surface area contributed by atoms with Gasteiger partial charge in [0.1, 0.15) is 11.5 Å². The molecule has 1 amide bonds. The van der Waals surface area contributed by atoms with Gasteiger partial charge in [-0.3, -0.25) is 4.79 Å². The number of rotatable bonds is 8. The summed E-state index contributed by atoms with van der Waals surface area (Å²) in [6, 6.07) is 7.45. The van der Waals surface area contributed by atoms with Crippen molar-refractivity contribution in [3.05, 3.63) is 24.3 Å². The smallest absolute Gasteiger partial charge is 0.223 e. The maximum absolute atomic E-state index is 12.2. The van der Waals surface area contributed by atoms with Crippen molar-refractivity contribution in [2.75, 3.05) is 39.6 Å². The summed E-state index contributed by atoms with van der Waals surface area (Å²) in [5.41, 5.74) is 0. The highest BCUT2D eigenvalue weighted by Crippen LogP contribution is 2.22. The summed E-state index contributed by atoms with van der Waals surface area (Å²) in [5.74, 6) is 1.74. The van der Waals surface area contributed by atoms with Crippen molar-refractivity contribution in [1.29, 1.82) is 0 Å². The van der Waals surface area contributed by atoms with Crippen molar-refractivity contribution in [2.45, 2.75) is 19.3 Å². The van der Waals surface area contributed by atoms with Gasteiger partial charge in [0.2, 0.25) is 15.9 Å². The molecule has 0 radical (unpaired) electrons. The predicted molar refractivity (Wildman–Crippen MR) is 95.3 cm³/mol. The predicted octanol–water partition coefficient (Wildman–Crippen LogP) is 1.25. The van der Waals surface area contributed by atoms with Crippen LogP contribution >= 0.6 is 0 Å². The number of carbonyl (C=O) groups is 1. The number of carbonyl (C=O) groups excluding carboxylic acids is 1. The third kappa shape index (κ3) is 6.91. The molecule has 140 valence electrons. The molecule has 25 heavy (non-hydrogen) atoms. The summed E-state index contributed by atoms with van der Waals surface area (Å²) in [7, 11) is -1.64. The Morgan fingerprint density at radius 2 is 2.12 bits per heavy atom. The molecule has 7 nitrogen and oxygen atoms in total. The van der Waals surface area contributed by atoms with Crippen LogP contribution in [-0.2, 0) is 14.8 Å². The molecule has 0 unspecified atom stereocenters. The van der Waals surface area contributed by atoms with E-state index in [1.165, 1.54) is 0 Å². The normalized spacial score (nSPS) is 18.0. The zero-order valence-corrected chi connectivity index (χ0v) is 15.5. The summed E-state index contributed by atoms with van der Waals surface area (Å²) in [4.78, 5) is 14.0. The Morgan fingerprint density at radius 1 is 1.36 bits per heavy atom. The molecule has 1 atom stereocenters. The van der Waals surface area contributed by atoms with Gasteiger partial charge < -0.3 is 14.4 Å². The van der Waals surface area contributed by atoms with Gasteiger partial charge in [-0.25, -0.2) is 13.1 Å². The van der Waals surface area contributed by atoms with Crippen molar-refractivity contribution >= 4 is 15.9 Å². The molecule has 1 saturated heterocycles. The van der Waals surface area contributed by atoms with Crippen LogP contribution in [0.2, 0.25) is 0 Å². The highest BCUT2D eigenvalue weighted by atomic mass is 32.2. The number of ether oxygens (including phenoxy) is 2. The molecular weight excluding hydrogens is 344 g/mol. The quantitative estimate of drug-likeness (QED) is 0.744. The molecule has 1 fully saturated rings. The number of amides is 1. The van der Waals surface area contributed by atoms with E-state index < -0.39 is 10.0 Å². The van der Waals surface area contributed by atoms with Crippen LogP contribution in [0.5, 0.6) is 11.5 Å². The molecule has 0 spiro atoms. The van der Waals surface area contributed by atoms with Crippen molar-refractivity contribution < 1.29 is 22.7 Å². The topological polar surface area (TPSA) is 84.9 Å². The van der Waals surface area contributed by atoms with Gasteiger partial charge in [0.25, 0.3) is 0 Å². The van der Waals surface area contributed by atoms with Crippen LogP contribution in [0.4, 0.5) is 0 Å². The van der Waals surface area contributed by atoms with Crippen LogP contribution in [0.3, 0.4) is 0 Å². The molecule has 1 heterocycles. The minimum absolute atomic E-state index is 0.0257. The Labute approximate surface area is 149 Å². The number of piperidine rings is 1. The first kappa shape index (κ1) is 19.5. The zero-order valence-electron chi connectivity index (χ0n) is 14.7. The fourth-order valence-corrected chi connectivity index (χ4v) is 3.31. The lowest BCUT2D eigenvalue weighted by atomic mass is 9.98. The average Bonchev–Trinajstić information content (AvgIpc) is 2.59. The monoisotopic (exact) mass is 370 g/mol. The number of benzene rings is 1. The highest BCUT2D eigenvalue weighted by molar-refractivity contribution is 7.88. The van der Waals surface area contributed by atoms with Gasteiger partial charge in [0.15, 0.2) is 0 Å². The van der Waals surface area contributed by atoms with Gasteiger partial charge in [0.05, 0.1) is 20.0 Å². The fraction of sp³-hybridized carbons (Fsp3) is 0.588. The zero-order chi connectivity index (χ0) is 18.3. The number of nitrogens with zero attached hydrogens (tertiary/aromatic N) is 1. The number of likely N-dealkylation sites (tertiary alicyclic amines) is 1. The molecule has 1 aliphatic rings. The largest absolute Gasteiger partial charge is 0.497 e. The molecule has 1 aromatic carbocycles. The van der Waals surface area contributed by atoms with Gasteiger partial charge in [-0.05, 0) is 25.0 Å². The van der Waals surface area contributed by atoms with E-state index >= 15 is 0 Å². The van der Waals surface area contributed by atoms with Gasteiger partial charge in [-0.1, -0.05) is 6.07 Å². The Hall–Kier alpha value is -1.80. The van der Waals surface area contributed by atoms with E-state index in [2.05, 4.69) is 4.72 Å². The highest BCUT2D eigenvalue weighted by Gasteiger charge is 2.24. The summed E-state index contributed by atoms with van der Waals surface area (Å²) < 4.78 is 35.4. The maximum atomic E-state index is 12.2. The SMILES string of the molecule is COc1cccc(OC[C@H]2CCCN(C(=O)CCNS(C)(=O)=O)C2)c1. The van der Waals surface area contributed by atoms with Crippen molar-refractivity contribution in [3.8, 4) is 11.5 Å². The van der Waals surface area contributed by atoms with Crippen molar-refractivity contribution in [1.82, 2.24) is 9.62 Å². The van der Waals surface area contributed by atoms with E-state index in [4.69, 9.17) is 9.47 Å². The van der Waals surface area contributed by atoms with E-state index in [-0.39, 0.29) is 24.8 Å². The average molecular weight is 370 g/mol. The number of sulfonamides is 1. The second kappa shape index (κ2) is 9.05. The van der Waals surface area contributed by atoms with Gasteiger partial charge >= 0.3 is 0 Å². The van der Waals surface area contributed by atoms with Gasteiger partial charge in [0, 0.05) is 38.0 Å². The van der Waals surface area contributed by atoms with Gasteiger partial charge in [-0.15, -0.1) is 0 Å². The number of hydrogen-bond acceptors (Lipinski definition) is 5. The molecule has 0 aliphatic carbocycles. The van der Waals surface area contributed by atoms with Crippen LogP contribution in [0.15, 0.2) is 24.3 Å². The lowest BCUT2D eigenvalue weighted by Crippen LogP contribution is -2.42. The van der Waals surface area contributed by atoms with Gasteiger partial charge in [-0.2, -0.15) is 0 Å². The number of nitrogens with one attached hydrogen (secondary N) is 1. The number of methoxy groups -OCH3 is 1. The maximum Gasteiger partial charge on any atom is 0.223 e. The third-order valence-electron chi connectivity index (χ3n) is 4.10. The van der Waals surface area contributed by atoms with Crippen LogP contribution < -0.4 is 14.2 Å². The van der Waals surface area contributed by atoms with Crippen LogP contribution in [0, 0.1) is 5.92 Å². The first-order valence-corrected chi connectivity index (χ1v) is 10.3. The van der Waals surface area contributed by atoms with Crippen LogP contribution in [-0.4, -0.2) is 58.8 Å².